The molecular formula is C82H128N12O12. The van der Waals surface area contributed by atoms with Crippen molar-refractivity contribution in [1.29, 1.82) is 0 Å². The molecule has 0 fully saturated rings. The van der Waals surface area contributed by atoms with Crippen molar-refractivity contribution in [2.45, 2.75) is 225 Å². The number of nitrogens with zero attached hydrogens (tertiary/aromatic N) is 6. The predicted octanol–water partition coefficient (Wildman–Crippen LogP) is 14.6. The Labute approximate surface area is 632 Å². The van der Waals surface area contributed by atoms with E-state index in [2.05, 4.69) is 127 Å². The monoisotopic (exact) mass is 1470 g/mol. The van der Waals surface area contributed by atoms with Crippen LogP contribution in [0, 0.1) is 35.5 Å². The van der Waals surface area contributed by atoms with Gasteiger partial charge in [0.05, 0.1) is 82.5 Å². The largest absolute Gasteiger partial charge is 0.496 e. The smallest absolute Gasteiger partial charge is 0.272 e. The summed E-state index contributed by atoms with van der Waals surface area (Å²) in [5.74, 6) is 4.85. The molecule has 0 aliphatic rings. The maximum atomic E-state index is 13.4. The van der Waals surface area contributed by atoms with E-state index in [1.807, 2.05) is 89.4 Å². The van der Waals surface area contributed by atoms with E-state index in [0.29, 0.717) is 133 Å². The van der Waals surface area contributed by atoms with Gasteiger partial charge in [-0.1, -0.05) is 141 Å². The second kappa shape index (κ2) is 46.1. The van der Waals surface area contributed by atoms with Crippen LogP contribution in [-0.2, 0) is 27.5 Å². The summed E-state index contributed by atoms with van der Waals surface area (Å²) < 4.78 is 39.4. The lowest BCUT2D eigenvalue weighted by atomic mass is 10.0. The van der Waals surface area contributed by atoms with Gasteiger partial charge in [0.1, 0.15) is 34.5 Å². The second-order valence-electron chi connectivity index (χ2n) is 28.9. The molecule has 5 atom stereocenters. The highest BCUT2D eigenvalue weighted by atomic mass is 16.5. The number of hydrogen-bond donors (Lipinski definition) is 6. The summed E-state index contributed by atoms with van der Waals surface area (Å²) in [7, 11) is 9.68. The molecule has 6 aromatic rings. The third-order valence-electron chi connectivity index (χ3n) is 18.4. The topological polar surface area (TPSA) is 283 Å². The Balaban J connectivity index is 0.000000336. The van der Waals surface area contributed by atoms with E-state index in [9.17, 15) is 28.8 Å². The van der Waals surface area contributed by atoms with Crippen molar-refractivity contribution in [2.75, 3.05) is 62.3 Å². The quantitative estimate of drug-likeness (QED) is 0.0208. The first-order valence-electron chi connectivity index (χ1n) is 38.2. The number of carbonyl (C=O) groups is 6. The molecule has 6 N–H and O–H groups in total. The zero-order chi connectivity index (χ0) is 78.7. The van der Waals surface area contributed by atoms with E-state index in [-0.39, 0.29) is 84.8 Å². The van der Waals surface area contributed by atoms with Crippen molar-refractivity contribution in [2.24, 2.45) is 35.5 Å². The zero-order valence-electron chi connectivity index (χ0n) is 67.8. The fourth-order valence-corrected chi connectivity index (χ4v) is 12.3. The maximum Gasteiger partial charge on any atom is 0.272 e. The Morgan fingerprint density at radius 1 is 0.396 bits per heavy atom. The average molecular weight is 1470 g/mol. The molecule has 0 radical (unpaired) electrons. The molecule has 0 spiro atoms. The first-order chi connectivity index (χ1) is 50.6. The van der Waals surface area contributed by atoms with E-state index in [4.69, 9.17) is 38.6 Å². The van der Waals surface area contributed by atoms with Crippen LogP contribution in [0.3, 0.4) is 0 Å². The molecule has 588 valence electrons. The van der Waals surface area contributed by atoms with Crippen molar-refractivity contribution in [3.63, 3.8) is 0 Å². The molecule has 3 aromatic carbocycles. The van der Waals surface area contributed by atoms with Gasteiger partial charge in [-0.25, -0.2) is 0 Å². The SMILES string of the molecule is CCCNC(=O)C[C@H](CC(C)C)NC(=O)c1cc(-c2c(OC)cccc2OC)n(C(C)C(C)C)n1.CCCNC(=O)C[C@H](CC(C)C)NC(=O)c1cc(-c2c(OC)cccc2OC)n(CC(C)CC)n1.CCCNC(=O)C[C@H](CC(C)C)NC(=O)c1cc(-c2c(OC)cccc2OC)n(CC(CC)CC)n1. The minimum atomic E-state index is -0.302. The van der Waals surface area contributed by atoms with Gasteiger partial charge >= 0.3 is 0 Å². The van der Waals surface area contributed by atoms with Crippen molar-refractivity contribution >= 4 is 35.4 Å². The highest BCUT2D eigenvalue weighted by Gasteiger charge is 2.30. The zero-order valence-corrected chi connectivity index (χ0v) is 67.8. The fraction of sp³-hybridized carbons (Fsp3) is 0.598. The summed E-state index contributed by atoms with van der Waals surface area (Å²) in [4.78, 5) is 77.1. The molecule has 3 heterocycles. The lowest BCUT2D eigenvalue weighted by molar-refractivity contribution is -0.122. The second-order valence-corrected chi connectivity index (χ2v) is 28.9. The maximum absolute atomic E-state index is 13.4. The minimum Gasteiger partial charge on any atom is -0.496 e. The van der Waals surface area contributed by atoms with Crippen LogP contribution in [-0.4, -0.2) is 145 Å². The van der Waals surface area contributed by atoms with Gasteiger partial charge in [0, 0.05) is 70.1 Å². The molecule has 0 aliphatic heterocycles. The number of benzene rings is 3. The molecule has 106 heavy (non-hydrogen) atoms. The Bertz CT molecular complexity index is 3620. The third-order valence-corrected chi connectivity index (χ3v) is 18.4. The van der Waals surface area contributed by atoms with Gasteiger partial charge < -0.3 is 60.3 Å². The molecule has 6 amide bonds. The van der Waals surface area contributed by atoms with Gasteiger partial charge in [0.2, 0.25) is 17.7 Å². The highest BCUT2D eigenvalue weighted by molar-refractivity contribution is 5.96. The van der Waals surface area contributed by atoms with E-state index in [1.165, 1.54) is 0 Å². The van der Waals surface area contributed by atoms with E-state index >= 15 is 0 Å². The summed E-state index contributed by atoms with van der Waals surface area (Å²) in [6.45, 7) is 36.6. The van der Waals surface area contributed by atoms with Crippen LogP contribution < -0.4 is 60.3 Å². The molecular weight excluding hydrogens is 1340 g/mol. The summed E-state index contributed by atoms with van der Waals surface area (Å²) in [5, 5.41) is 32.0. The standard InChI is InChI=1S/C28H44N4O4.2C27H42N4O4/c1-8-14-29-26(33)16-21(15-19(4)5)30-28(34)22-17-23(32(31-22)18-20(9-2)10-3)27-24(35-6)12-11-13-25(27)36-7;1-9-13-28-25(32)15-20(14-17(2)3)29-27(33)21-16-22(31(30-21)19(6)18(4)5)26-23(34-7)11-10-12-24(26)35-8;1-8-13-28-25(32)15-20(14-18(3)4)29-27(33)21-16-22(31(30-21)17-19(5)9-2)26-23(34-6)11-10-12-24(26)35-7/h11-13,17,19-21H,8-10,14-16,18H2,1-7H3,(H,29,33)(H,30,34);10-12,16-20H,9,13-15H2,1-8H3,(H,28,32)(H,29,33);10-12,16,18-20H,8-9,13-15,17H2,1-7H3,(H,28,32)(H,29,33)/t21-;2*19?,20-/m000/s1. The number of aromatic nitrogens is 6. The van der Waals surface area contributed by atoms with Crippen LogP contribution in [0.15, 0.2) is 72.8 Å². The molecule has 24 nitrogen and oxygen atoms in total. The molecule has 24 heteroatoms. The van der Waals surface area contributed by atoms with Gasteiger partial charge in [0.15, 0.2) is 17.1 Å². The molecule has 0 bridgehead atoms. The highest BCUT2D eigenvalue weighted by Crippen LogP contribution is 2.43. The van der Waals surface area contributed by atoms with E-state index in [1.54, 1.807) is 60.9 Å². The van der Waals surface area contributed by atoms with Crippen molar-refractivity contribution < 1.29 is 57.2 Å². The number of amides is 6. The lowest BCUT2D eigenvalue weighted by Gasteiger charge is -2.21. The van der Waals surface area contributed by atoms with Gasteiger partial charge in [0.25, 0.3) is 17.7 Å². The van der Waals surface area contributed by atoms with Gasteiger partial charge in [-0.3, -0.25) is 42.8 Å². The molecule has 6 rings (SSSR count). The van der Waals surface area contributed by atoms with Crippen LogP contribution in [0.25, 0.3) is 33.8 Å². The fourth-order valence-electron chi connectivity index (χ4n) is 12.3. The molecule has 3 aromatic heterocycles. The first kappa shape index (κ1) is 89.3. The Morgan fingerprint density at radius 2 is 0.689 bits per heavy atom. The number of carbonyl (C=O) groups excluding carboxylic acids is 6. The minimum absolute atomic E-state index is 0.0208. The van der Waals surface area contributed by atoms with Gasteiger partial charge in [-0.15, -0.1) is 0 Å². The third kappa shape index (κ3) is 27.4. The lowest BCUT2D eigenvalue weighted by Crippen LogP contribution is -2.40. The van der Waals surface area contributed by atoms with Gasteiger partial charge in [-0.2, -0.15) is 15.3 Å². The Kier molecular flexibility index (Phi) is 38.8. The number of hydrogen-bond acceptors (Lipinski definition) is 15. The van der Waals surface area contributed by atoms with E-state index in [0.717, 1.165) is 72.3 Å². The average Bonchev–Trinajstić information content (AvgIpc) is 1.62. The summed E-state index contributed by atoms with van der Waals surface area (Å²) >= 11 is 0. The number of rotatable bonds is 42. The van der Waals surface area contributed by atoms with Crippen LogP contribution in [0.2, 0.25) is 0 Å². The molecule has 0 aliphatic carbocycles. The normalized spacial score (nSPS) is 12.6. The molecule has 0 saturated heterocycles. The summed E-state index contributed by atoms with van der Waals surface area (Å²) in [6.07, 6.45) is 8.41. The number of nitrogens with one attached hydrogen (secondary N) is 6. The van der Waals surface area contributed by atoms with Crippen molar-refractivity contribution in [1.82, 2.24) is 61.2 Å². The first-order valence-corrected chi connectivity index (χ1v) is 38.2. The predicted molar refractivity (Wildman–Crippen MR) is 421 cm³/mol. The van der Waals surface area contributed by atoms with Crippen LogP contribution >= 0.6 is 0 Å². The van der Waals surface area contributed by atoms with Crippen LogP contribution in [0.4, 0.5) is 0 Å². The Hall–Kier alpha value is -9.09. The molecule has 0 saturated carbocycles. The number of ether oxygens (including phenoxy) is 6. The summed E-state index contributed by atoms with van der Waals surface area (Å²) in [5.41, 5.74) is 5.44. The van der Waals surface area contributed by atoms with Crippen LogP contribution in [0.1, 0.15) is 225 Å². The Morgan fingerprint density at radius 3 is 0.962 bits per heavy atom. The molecule has 2 unspecified atom stereocenters. The summed E-state index contributed by atoms with van der Waals surface area (Å²) in [6, 6.07) is 21.3. The van der Waals surface area contributed by atoms with Crippen molar-refractivity contribution in [3.8, 4) is 68.3 Å². The van der Waals surface area contributed by atoms with Crippen LogP contribution in [0.5, 0.6) is 34.5 Å². The van der Waals surface area contributed by atoms with E-state index < -0.39 is 0 Å². The van der Waals surface area contributed by atoms with Gasteiger partial charge in [-0.05, 0) is 136 Å². The van der Waals surface area contributed by atoms with Crippen molar-refractivity contribution in [3.05, 3.63) is 89.9 Å². The number of methoxy groups -OCH3 is 6.